The maximum Gasteiger partial charge on any atom is 0.345 e. The molecule has 4 heteroatoms. The molecule has 0 aliphatic rings. The molecule has 20 heavy (non-hydrogen) atoms. The standard InChI is InChI=1S/C16H11BrN2O/c17-13-9-5-4-8-12(13)15-10-14(18-16(20)19-15)11-6-2-1-3-7-11/h1-10H,(H,18,19,20). The molecule has 1 aromatic heterocycles. The van der Waals surface area contributed by atoms with Crippen LogP contribution in [0.1, 0.15) is 0 Å². The van der Waals surface area contributed by atoms with Gasteiger partial charge in [0, 0.05) is 15.6 Å². The fourth-order valence-corrected chi connectivity index (χ4v) is 2.54. The van der Waals surface area contributed by atoms with Gasteiger partial charge in [-0.15, -0.1) is 0 Å². The number of H-pyrrole nitrogens is 1. The summed E-state index contributed by atoms with van der Waals surface area (Å²) in [5.74, 6) is 0. The van der Waals surface area contributed by atoms with Gasteiger partial charge in [0.2, 0.25) is 0 Å². The molecule has 0 amide bonds. The van der Waals surface area contributed by atoms with Crippen LogP contribution in [0.25, 0.3) is 22.5 Å². The van der Waals surface area contributed by atoms with Gasteiger partial charge in [-0.05, 0) is 12.1 Å². The van der Waals surface area contributed by atoms with Crippen molar-refractivity contribution in [3.8, 4) is 22.5 Å². The molecule has 0 aliphatic heterocycles. The van der Waals surface area contributed by atoms with Crippen molar-refractivity contribution in [1.82, 2.24) is 9.97 Å². The van der Waals surface area contributed by atoms with Crippen LogP contribution in [0, 0.1) is 0 Å². The van der Waals surface area contributed by atoms with Crippen molar-refractivity contribution in [2.75, 3.05) is 0 Å². The van der Waals surface area contributed by atoms with Crippen LogP contribution < -0.4 is 5.69 Å². The predicted molar refractivity (Wildman–Crippen MR) is 83.4 cm³/mol. The Kier molecular flexibility index (Phi) is 3.48. The summed E-state index contributed by atoms with van der Waals surface area (Å²) in [4.78, 5) is 18.6. The first-order chi connectivity index (χ1) is 9.74. The normalized spacial score (nSPS) is 10.4. The van der Waals surface area contributed by atoms with E-state index < -0.39 is 0 Å². The van der Waals surface area contributed by atoms with E-state index in [1.54, 1.807) is 0 Å². The zero-order chi connectivity index (χ0) is 13.9. The van der Waals surface area contributed by atoms with Gasteiger partial charge in [-0.3, -0.25) is 0 Å². The number of aromatic nitrogens is 2. The van der Waals surface area contributed by atoms with Crippen molar-refractivity contribution in [2.45, 2.75) is 0 Å². The van der Waals surface area contributed by atoms with Gasteiger partial charge in [-0.2, -0.15) is 4.98 Å². The predicted octanol–water partition coefficient (Wildman–Crippen LogP) is 3.87. The van der Waals surface area contributed by atoms with Gasteiger partial charge in [0.25, 0.3) is 0 Å². The molecule has 3 aromatic rings. The van der Waals surface area contributed by atoms with Crippen molar-refractivity contribution in [2.24, 2.45) is 0 Å². The van der Waals surface area contributed by atoms with Gasteiger partial charge < -0.3 is 4.98 Å². The van der Waals surface area contributed by atoms with E-state index in [0.717, 1.165) is 21.3 Å². The smallest absolute Gasteiger partial charge is 0.305 e. The number of nitrogens with one attached hydrogen (secondary N) is 1. The maximum absolute atomic E-state index is 11.8. The van der Waals surface area contributed by atoms with Crippen LogP contribution in [-0.4, -0.2) is 9.97 Å². The molecule has 0 fully saturated rings. The van der Waals surface area contributed by atoms with E-state index in [0.29, 0.717) is 5.69 Å². The van der Waals surface area contributed by atoms with Crippen LogP contribution >= 0.6 is 15.9 Å². The lowest BCUT2D eigenvalue weighted by Crippen LogP contribution is -2.12. The third kappa shape index (κ3) is 2.56. The van der Waals surface area contributed by atoms with Crippen molar-refractivity contribution in [1.29, 1.82) is 0 Å². The summed E-state index contributed by atoms with van der Waals surface area (Å²) in [6.45, 7) is 0. The average molecular weight is 327 g/mol. The number of halogens is 1. The Morgan fingerprint density at radius 1 is 0.950 bits per heavy atom. The number of rotatable bonds is 2. The summed E-state index contributed by atoms with van der Waals surface area (Å²) in [6, 6.07) is 19.3. The highest BCUT2D eigenvalue weighted by molar-refractivity contribution is 9.10. The summed E-state index contributed by atoms with van der Waals surface area (Å²) < 4.78 is 0.931. The minimum Gasteiger partial charge on any atom is -0.305 e. The number of benzene rings is 2. The van der Waals surface area contributed by atoms with Gasteiger partial charge in [-0.1, -0.05) is 64.5 Å². The quantitative estimate of drug-likeness (QED) is 0.777. The van der Waals surface area contributed by atoms with Crippen molar-refractivity contribution in [3.05, 3.63) is 75.6 Å². The fourth-order valence-electron chi connectivity index (χ4n) is 2.04. The Bertz CT molecular complexity index is 797. The number of hydrogen-bond acceptors (Lipinski definition) is 2. The zero-order valence-corrected chi connectivity index (χ0v) is 12.1. The third-order valence-electron chi connectivity index (χ3n) is 2.98. The maximum atomic E-state index is 11.8. The Morgan fingerprint density at radius 3 is 2.40 bits per heavy atom. The van der Waals surface area contributed by atoms with Crippen LogP contribution in [0.2, 0.25) is 0 Å². The molecule has 0 saturated heterocycles. The van der Waals surface area contributed by atoms with Crippen LogP contribution in [0.3, 0.4) is 0 Å². The lowest BCUT2D eigenvalue weighted by atomic mass is 10.1. The van der Waals surface area contributed by atoms with Crippen molar-refractivity contribution in [3.63, 3.8) is 0 Å². The SMILES string of the molecule is O=c1nc(-c2ccccc2)cc(-c2ccccc2Br)[nH]1. The molecule has 0 aliphatic carbocycles. The molecular weight excluding hydrogens is 316 g/mol. The molecule has 0 bridgehead atoms. The molecule has 3 rings (SSSR count). The highest BCUT2D eigenvalue weighted by atomic mass is 79.9. The molecule has 2 aromatic carbocycles. The molecule has 3 nitrogen and oxygen atoms in total. The molecule has 0 radical (unpaired) electrons. The van der Waals surface area contributed by atoms with E-state index >= 15 is 0 Å². The monoisotopic (exact) mass is 326 g/mol. The number of nitrogens with zero attached hydrogens (tertiary/aromatic N) is 1. The first-order valence-corrected chi connectivity index (χ1v) is 6.95. The van der Waals surface area contributed by atoms with E-state index in [1.807, 2.05) is 60.7 Å². The van der Waals surface area contributed by atoms with Gasteiger partial charge in [-0.25, -0.2) is 4.79 Å². The third-order valence-corrected chi connectivity index (χ3v) is 3.67. The van der Waals surface area contributed by atoms with Crippen LogP contribution in [0.5, 0.6) is 0 Å². The van der Waals surface area contributed by atoms with E-state index in [9.17, 15) is 4.79 Å². The van der Waals surface area contributed by atoms with Gasteiger partial charge >= 0.3 is 5.69 Å². The van der Waals surface area contributed by atoms with Crippen molar-refractivity contribution < 1.29 is 0 Å². The van der Waals surface area contributed by atoms with E-state index in [1.165, 1.54) is 0 Å². The summed E-state index contributed by atoms with van der Waals surface area (Å²) in [5, 5.41) is 0. The minimum absolute atomic E-state index is 0.350. The Morgan fingerprint density at radius 2 is 1.65 bits per heavy atom. The summed E-state index contributed by atoms with van der Waals surface area (Å²) >= 11 is 3.50. The van der Waals surface area contributed by atoms with Gasteiger partial charge in [0.05, 0.1) is 11.4 Å². The summed E-state index contributed by atoms with van der Waals surface area (Å²) in [7, 11) is 0. The fraction of sp³-hybridized carbons (Fsp3) is 0. The van der Waals surface area contributed by atoms with Gasteiger partial charge in [0.15, 0.2) is 0 Å². The number of aromatic amines is 1. The molecule has 1 heterocycles. The molecule has 0 unspecified atom stereocenters. The second-order valence-electron chi connectivity index (χ2n) is 4.33. The molecule has 98 valence electrons. The topological polar surface area (TPSA) is 45.8 Å². The number of hydrogen-bond donors (Lipinski definition) is 1. The molecule has 0 saturated carbocycles. The van der Waals surface area contributed by atoms with Gasteiger partial charge in [0.1, 0.15) is 0 Å². The molecule has 0 atom stereocenters. The average Bonchev–Trinajstić information content (AvgIpc) is 2.48. The van der Waals surface area contributed by atoms with Crippen LogP contribution in [0.4, 0.5) is 0 Å². The molecular formula is C16H11BrN2O. The lowest BCUT2D eigenvalue weighted by molar-refractivity contribution is 1.08. The minimum atomic E-state index is -0.350. The van der Waals surface area contributed by atoms with Crippen LogP contribution in [0.15, 0.2) is 69.9 Å². The molecule has 0 spiro atoms. The molecule has 1 N–H and O–H groups in total. The van der Waals surface area contributed by atoms with Crippen molar-refractivity contribution >= 4 is 15.9 Å². The van der Waals surface area contributed by atoms with Crippen LogP contribution in [-0.2, 0) is 0 Å². The summed E-state index contributed by atoms with van der Waals surface area (Å²) in [5.41, 5.74) is 2.92. The first kappa shape index (κ1) is 12.8. The first-order valence-electron chi connectivity index (χ1n) is 6.16. The highest BCUT2D eigenvalue weighted by Gasteiger charge is 2.07. The Balaban J connectivity index is 2.18. The zero-order valence-electron chi connectivity index (χ0n) is 10.5. The highest BCUT2D eigenvalue weighted by Crippen LogP contribution is 2.27. The largest absolute Gasteiger partial charge is 0.345 e. The summed E-state index contributed by atoms with van der Waals surface area (Å²) in [6.07, 6.45) is 0. The Labute approximate surface area is 124 Å². The Hall–Kier alpha value is -2.20. The second-order valence-corrected chi connectivity index (χ2v) is 5.19. The van der Waals surface area contributed by atoms with E-state index in [4.69, 9.17) is 0 Å². The lowest BCUT2D eigenvalue weighted by Gasteiger charge is -2.06. The van der Waals surface area contributed by atoms with E-state index in [2.05, 4.69) is 25.9 Å². The van der Waals surface area contributed by atoms with E-state index in [-0.39, 0.29) is 5.69 Å². The second kappa shape index (κ2) is 5.43.